The van der Waals surface area contributed by atoms with E-state index >= 15 is 0 Å². The van der Waals surface area contributed by atoms with Crippen LogP contribution in [0, 0.1) is 20.8 Å². The molecule has 1 aromatic heterocycles. The normalized spacial score (nSPS) is 10.8. The molecule has 4 rings (SSSR count). The van der Waals surface area contributed by atoms with Gasteiger partial charge in [0.2, 0.25) is 0 Å². The molecule has 0 aliphatic carbocycles. The van der Waals surface area contributed by atoms with Crippen molar-refractivity contribution in [3.05, 3.63) is 106 Å². The molecule has 4 N–H and O–H groups in total. The average molecular weight is 425 g/mol. The summed E-state index contributed by atoms with van der Waals surface area (Å²) in [5.74, 6) is -0.00212. The third kappa shape index (κ3) is 4.57. The van der Waals surface area contributed by atoms with Crippen LogP contribution in [0.2, 0.25) is 0 Å². The molecule has 0 aliphatic heterocycles. The maximum Gasteiger partial charge on any atom is 0.254 e. The Morgan fingerprint density at radius 3 is 2.16 bits per heavy atom. The number of aromatic amines is 1. The third-order valence-corrected chi connectivity index (χ3v) is 5.98. The first-order valence-corrected chi connectivity index (χ1v) is 10.7. The van der Waals surface area contributed by atoms with Gasteiger partial charge in [0, 0.05) is 13.0 Å². The molecular formula is C27H28N4O. The molecule has 0 aliphatic rings. The molecule has 0 radical (unpaired) electrons. The van der Waals surface area contributed by atoms with Gasteiger partial charge in [-0.3, -0.25) is 9.89 Å². The van der Waals surface area contributed by atoms with Gasteiger partial charge in [-0.1, -0.05) is 66.7 Å². The molecule has 5 nitrogen and oxygen atoms in total. The van der Waals surface area contributed by atoms with E-state index in [2.05, 4.69) is 84.8 Å². The van der Waals surface area contributed by atoms with Gasteiger partial charge in [-0.15, -0.1) is 0 Å². The van der Waals surface area contributed by atoms with Gasteiger partial charge in [-0.25, -0.2) is 0 Å². The van der Waals surface area contributed by atoms with E-state index in [9.17, 15) is 4.79 Å². The van der Waals surface area contributed by atoms with Gasteiger partial charge in [0.25, 0.3) is 5.91 Å². The van der Waals surface area contributed by atoms with Crippen molar-refractivity contribution in [2.24, 2.45) is 5.73 Å². The van der Waals surface area contributed by atoms with Crippen molar-refractivity contribution in [1.82, 2.24) is 10.2 Å². The first-order chi connectivity index (χ1) is 15.4. The van der Waals surface area contributed by atoms with Crippen molar-refractivity contribution < 1.29 is 4.79 Å². The second kappa shape index (κ2) is 9.10. The molecule has 32 heavy (non-hydrogen) atoms. The second-order valence-electron chi connectivity index (χ2n) is 8.24. The van der Waals surface area contributed by atoms with Crippen molar-refractivity contribution in [2.45, 2.75) is 33.7 Å². The number of carbonyl (C=O) groups is 1. The van der Waals surface area contributed by atoms with Gasteiger partial charge in [-0.2, -0.15) is 5.10 Å². The number of nitrogens with two attached hydrogens (primary N) is 1. The summed E-state index contributed by atoms with van der Waals surface area (Å²) in [6.45, 7) is 6.91. The van der Waals surface area contributed by atoms with Crippen LogP contribution in [0.15, 0.2) is 66.7 Å². The second-order valence-corrected chi connectivity index (χ2v) is 8.24. The van der Waals surface area contributed by atoms with E-state index < -0.39 is 5.91 Å². The smallest absolute Gasteiger partial charge is 0.254 e. The first kappa shape index (κ1) is 21.4. The minimum Gasteiger partial charge on any atom is -0.365 e. The first-order valence-electron chi connectivity index (χ1n) is 10.7. The summed E-state index contributed by atoms with van der Waals surface area (Å²) in [7, 11) is 0. The topological polar surface area (TPSA) is 83.8 Å². The van der Waals surface area contributed by atoms with Gasteiger partial charge in [0.05, 0.1) is 5.69 Å². The number of aryl methyl sites for hydroxylation is 2. The highest BCUT2D eigenvalue weighted by Gasteiger charge is 2.18. The van der Waals surface area contributed by atoms with Gasteiger partial charge >= 0.3 is 0 Å². The molecule has 0 saturated heterocycles. The minimum atomic E-state index is -0.492. The SMILES string of the molecule is Cc1cc(CNc2n[nH]c(Cc3ccc(-c4ccccc4)cc3)c2C(N)=O)cc(C)c1C. The fraction of sp³-hybridized carbons (Fsp3) is 0.185. The van der Waals surface area contributed by atoms with Crippen molar-refractivity contribution >= 4 is 11.7 Å². The molecule has 162 valence electrons. The zero-order chi connectivity index (χ0) is 22.7. The lowest BCUT2D eigenvalue weighted by molar-refractivity contribution is 0.100. The van der Waals surface area contributed by atoms with E-state index in [0.29, 0.717) is 30.0 Å². The van der Waals surface area contributed by atoms with Crippen LogP contribution in [-0.2, 0) is 13.0 Å². The van der Waals surface area contributed by atoms with E-state index in [4.69, 9.17) is 5.73 Å². The zero-order valence-corrected chi connectivity index (χ0v) is 18.7. The number of rotatable bonds is 7. The summed E-state index contributed by atoms with van der Waals surface area (Å²) in [6.07, 6.45) is 0.546. The van der Waals surface area contributed by atoms with Gasteiger partial charge in [-0.05, 0) is 59.7 Å². The Morgan fingerprint density at radius 2 is 1.53 bits per heavy atom. The fourth-order valence-corrected chi connectivity index (χ4v) is 3.96. The van der Waals surface area contributed by atoms with E-state index in [1.54, 1.807) is 0 Å². The summed E-state index contributed by atoms with van der Waals surface area (Å²) >= 11 is 0. The Morgan fingerprint density at radius 1 is 0.906 bits per heavy atom. The molecule has 3 aromatic carbocycles. The Balaban J connectivity index is 1.51. The van der Waals surface area contributed by atoms with E-state index in [1.807, 2.05) is 18.2 Å². The molecule has 0 bridgehead atoms. The largest absolute Gasteiger partial charge is 0.365 e. The highest BCUT2D eigenvalue weighted by molar-refractivity contribution is 5.99. The monoisotopic (exact) mass is 424 g/mol. The van der Waals surface area contributed by atoms with Crippen LogP contribution in [-0.4, -0.2) is 16.1 Å². The standard InChI is InChI=1S/C27H28N4O/c1-17-13-21(14-18(2)19(17)3)16-29-27-25(26(28)32)24(30-31-27)15-20-9-11-23(12-10-20)22-7-5-4-6-8-22/h4-14H,15-16H2,1-3H3,(H2,28,32)(H2,29,30,31). The lowest BCUT2D eigenvalue weighted by atomic mass is 10.0. The zero-order valence-electron chi connectivity index (χ0n) is 18.7. The number of aromatic nitrogens is 2. The maximum atomic E-state index is 12.2. The lowest BCUT2D eigenvalue weighted by Gasteiger charge is -2.10. The molecule has 4 aromatic rings. The molecule has 1 amide bonds. The highest BCUT2D eigenvalue weighted by Crippen LogP contribution is 2.24. The number of benzene rings is 3. The van der Waals surface area contributed by atoms with Crippen molar-refractivity contribution in [2.75, 3.05) is 5.32 Å². The number of nitrogens with one attached hydrogen (secondary N) is 2. The summed E-state index contributed by atoms with van der Waals surface area (Å²) in [5.41, 5.74) is 15.2. The van der Waals surface area contributed by atoms with Gasteiger partial charge in [0.1, 0.15) is 5.56 Å². The van der Waals surface area contributed by atoms with Crippen LogP contribution in [0.5, 0.6) is 0 Å². The van der Waals surface area contributed by atoms with Crippen LogP contribution in [0.4, 0.5) is 5.82 Å². The predicted octanol–water partition coefficient (Wildman–Crippen LogP) is 5.30. The number of nitrogens with zero attached hydrogens (tertiary/aromatic N) is 1. The minimum absolute atomic E-state index is 0.415. The lowest BCUT2D eigenvalue weighted by Crippen LogP contribution is -2.15. The van der Waals surface area contributed by atoms with E-state index in [-0.39, 0.29) is 0 Å². The van der Waals surface area contributed by atoms with E-state index in [0.717, 1.165) is 16.7 Å². The Bertz CT molecular complexity index is 1220. The average Bonchev–Trinajstić information content (AvgIpc) is 3.19. The maximum absolute atomic E-state index is 12.2. The Hall–Kier alpha value is -3.86. The third-order valence-electron chi connectivity index (χ3n) is 5.98. The van der Waals surface area contributed by atoms with Crippen LogP contribution in [0.3, 0.4) is 0 Å². The molecular weight excluding hydrogens is 396 g/mol. The predicted molar refractivity (Wildman–Crippen MR) is 130 cm³/mol. The van der Waals surface area contributed by atoms with Crippen LogP contribution in [0.25, 0.3) is 11.1 Å². The number of hydrogen-bond donors (Lipinski definition) is 3. The number of anilines is 1. The van der Waals surface area contributed by atoms with E-state index in [1.165, 1.54) is 22.3 Å². The Labute approximate surface area is 188 Å². The Kier molecular flexibility index (Phi) is 6.08. The van der Waals surface area contributed by atoms with Crippen molar-refractivity contribution in [3.63, 3.8) is 0 Å². The number of H-pyrrole nitrogens is 1. The molecule has 0 fully saturated rings. The van der Waals surface area contributed by atoms with Gasteiger partial charge < -0.3 is 11.1 Å². The summed E-state index contributed by atoms with van der Waals surface area (Å²) in [4.78, 5) is 12.2. The number of amides is 1. The molecule has 1 heterocycles. The molecule has 5 heteroatoms. The summed E-state index contributed by atoms with van der Waals surface area (Å²) < 4.78 is 0. The summed E-state index contributed by atoms with van der Waals surface area (Å²) in [6, 6.07) is 22.9. The number of primary amides is 1. The molecule has 0 unspecified atom stereocenters. The number of carbonyl (C=O) groups excluding carboxylic acids is 1. The van der Waals surface area contributed by atoms with Crippen LogP contribution in [0.1, 0.15) is 43.9 Å². The van der Waals surface area contributed by atoms with Gasteiger partial charge in [0.15, 0.2) is 5.82 Å². The van der Waals surface area contributed by atoms with Crippen LogP contribution >= 0.6 is 0 Å². The number of hydrogen-bond acceptors (Lipinski definition) is 3. The quantitative estimate of drug-likeness (QED) is 0.376. The molecule has 0 saturated carbocycles. The van der Waals surface area contributed by atoms with Crippen molar-refractivity contribution in [3.8, 4) is 11.1 Å². The van der Waals surface area contributed by atoms with Crippen LogP contribution < -0.4 is 11.1 Å². The molecule has 0 atom stereocenters. The van der Waals surface area contributed by atoms with Crippen molar-refractivity contribution in [1.29, 1.82) is 0 Å². The molecule has 0 spiro atoms. The highest BCUT2D eigenvalue weighted by atomic mass is 16.1. The summed E-state index contributed by atoms with van der Waals surface area (Å²) in [5, 5.41) is 10.6. The fourth-order valence-electron chi connectivity index (χ4n) is 3.96.